The molecule has 0 aliphatic rings. The monoisotopic (exact) mass is 179 g/mol. The van der Waals surface area contributed by atoms with Gasteiger partial charge in [0.1, 0.15) is 6.04 Å². The van der Waals surface area contributed by atoms with E-state index in [1.165, 1.54) is 13.3 Å². The molecule has 1 aromatic heterocycles. The Labute approximate surface area is 66.8 Å². The number of rotatable bonds is 1. The Balaban J connectivity index is 2.92. The molecule has 0 saturated carbocycles. The second kappa shape index (κ2) is 2.78. The van der Waals surface area contributed by atoms with Crippen molar-refractivity contribution in [3.05, 3.63) is 17.7 Å². The molecule has 0 radical (unpaired) electrons. The quantitative estimate of drug-likeness (QED) is 0.682. The zero-order valence-corrected chi connectivity index (χ0v) is 6.31. The highest BCUT2D eigenvalue weighted by Gasteiger charge is 2.39. The van der Waals surface area contributed by atoms with Gasteiger partial charge in [-0.3, -0.25) is 0 Å². The minimum atomic E-state index is -4.43. The summed E-state index contributed by atoms with van der Waals surface area (Å²) in [5.41, 5.74) is 5.11. The van der Waals surface area contributed by atoms with Gasteiger partial charge in [-0.15, -0.1) is 0 Å². The van der Waals surface area contributed by atoms with E-state index < -0.39 is 12.2 Å². The molecule has 1 heterocycles. The van der Waals surface area contributed by atoms with Crippen molar-refractivity contribution >= 4 is 0 Å². The van der Waals surface area contributed by atoms with E-state index in [2.05, 4.69) is 9.97 Å². The van der Waals surface area contributed by atoms with Crippen LogP contribution in [0, 0.1) is 6.92 Å². The molecule has 0 aliphatic heterocycles. The summed E-state index contributed by atoms with van der Waals surface area (Å²) in [6.07, 6.45) is -3.24. The lowest BCUT2D eigenvalue weighted by Gasteiger charge is -2.13. The van der Waals surface area contributed by atoms with Crippen LogP contribution in [0.2, 0.25) is 0 Å². The second-order valence-corrected chi connectivity index (χ2v) is 2.43. The van der Waals surface area contributed by atoms with Crippen LogP contribution < -0.4 is 5.73 Å². The Bertz CT molecular complexity index is 265. The zero-order valence-electron chi connectivity index (χ0n) is 6.31. The van der Waals surface area contributed by atoms with Crippen LogP contribution in [0.15, 0.2) is 6.33 Å². The Hall–Kier alpha value is -1.04. The minimum Gasteiger partial charge on any atom is -0.348 e. The number of nitrogens with one attached hydrogen (secondary N) is 1. The fourth-order valence-electron chi connectivity index (χ4n) is 0.838. The highest BCUT2D eigenvalue weighted by molar-refractivity contribution is 5.14. The minimum absolute atomic E-state index is 0.150. The summed E-state index contributed by atoms with van der Waals surface area (Å²) in [5.74, 6) is 0. The normalized spacial score (nSPS) is 14.8. The number of aryl methyl sites for hydroxylation is 1. The van der Waals surface area contributed by atoms with Crippen molar-refractivity contribution in [1.29, 1.82) is 0 Å². The average Bonchev–Trinajstić information content (AvgIpc) is 2.31. The molecule has 0 bridgehead atoms. The van der Waals surface area contributed by atoms with Crippen molar-refractivity contribution in [2.75, 3.05) is 0 Å². The molecule has 0 saturated heterocycles. The van der Waals surface area contributed by atoms with Crippen LogP contribution in [0.5, 0.6) is 0 Å². The standard InChI is InChI=1S/C6H8F3N3/c1-3-4(12-2-11-3)5(10)6(7,8)9/h2,5H,10H2,1H3,(H,11,12). The Morgan fingerprint density at radius 1 is 1.58 bits per heavy atom. The van der Waals surface area contributed by atoms with Crippen LogP contribution in [-0.2, 0) is 0 Å². The number of hydrogen-bond donors (Lipinski definition) is 2. The molecule has 3 N–H and O–H groups in total. The first-order chi connectivity index (χ1) is 5.43. The third-order valence-electron chi connectivity index (χ3n) is 1.52. The Morgan fingerprint density at radius 2 is 2.17 bits per heavy atom. The predicted octanol–water partition coefficient (Wildman–Crippen LogP) is 1.28. The number of H-pyrrole nitrogens is 1. The molecule has 0 aromatic carbocycles. The van der Waals surface area contributed by atoms with Crippen LogP contribution in [-0.4, -0.2) is 16.1 Å². The van der Waals surface area contributed by atoms with Gasteiger partial charge < -0.3 is 10.7 Å². The van der Waals surface area contributed by atoms with Crippen molar-refractivity contribution in [3.8, 4) is 0 Å². The van der Waals surface area contributed by atoms with Crippen molar-refractivity contribution in [2.24, 2.45) is 5.73 Å². The largest absolute Gasteiger partial charge is 0.409 e. The molecular weight excluding hydrogens is 171 g/mol. The highest BCUT2D eigenvalue weighted by atomic mass is 19.4. The van der Waals surface area contributed by atoms with Gasteiger partial charge in [-0.2, -0.15) is 13.2 Å². The molecule has 3 nitrogen and oxygen atoms in total. The molecule has 0 fully saturated rings. The van der Waals surface area contributed by atoms with Crippen molar-refractivity contribution in [1.82, 2.24) is 9.97 Å². The predicted molar refractivity (Wildman–Crippen MR) is 36.3 cm³/mol. The van der Waals surface area contributed by atoms with E-state index in [1.54, 1.807) is 0 Å². The number of hydrogen-bond acceptors (Lipinski definition) is 2. The van der Waals surface area contributed by atoms with Gasteiger partial charge in [-0.1, -0.05) is 0 Å². The maximum absolute atomic E-state index is 12.0. The van der Waals surface area contributed by atoms with Crippen molar-refractivity contribution < 1.29 is 13.2 Å². The number of halogens is 3. The summed E-state index contributed by atoms with van der Waals surface area (Å²) >= 11 is 0. The molecule has 0 amide bonds. The third-order valence-corrected chi connectivity index (χ3v) is 1.52. The summed E-state index contributed by atoms with van der Waals surface area (Å²) in [4.78, 5) is 6.01. The molecule has 1 unspecified atom stereocenters. The number of nitrogens with zero attached hydrogens (tertiary/aromatic N) is 1. The lowest BCUT2D eigenvalue weighted by atomic mass is 10.2. The summed E-state index contributed by atoms with van der Waals surface area (Å²) in [6.45, 7) is 1.49. The maximum Gasteiger partial charge on any atom is 0.409 e. The van der Waals surface area contributed by atoms with Gasteiger partial charge in [0.15, 0.2) is 0 Å². The molecule has 6 heteroatoms. The fraction of sp³-hybridized carbons (Fsp3) is 0.500. The van der Waals surface area contributed by atoms with Gasteiger partial charge in [0.25, 0.3) is 0 Å². The smallest absolute Gasteiger partial charge is 0.348 e. The Morgan fingerprint density at radius 3 is 2.50 bits per heavy atom. The van der Waals surface area contributed by atoms with Gasteiger partial charge in [0.2, 0.25) is 0 Å². The van der Waals surface area contributed by atoms with E-state index in [1.807, 2.05) is 0 Å². The SMILES string of the molecule is Cc1[nH]cnc1C(N)C(F)(F)F. The Kier molecular flexibility index (Phi) is 2.10. The number of imidazole rings is 1. The third kappa shape index (κ3) is 1.58. The first kappa shape index (κ1) is 9.05. The first-order valence-electron chi connectivity index (χ1n) is 3.25. The summed E-state index contributed by atoms with van der Waals surface area (Å²) < 4.78 is 36.0. The van der Waals surface area contributed by atoms with Crippen molar-refractivity contribution in [2.45, 2.75) is 19.1 Å². The first-order valence-corrected chi connectivity index (χ1v) is 3.25. The molecule has 68 valence electrons. The topological polar surface area (TPSA) is 54.7 Å². The van der Waals surface area contributed by atoms with E-state index in [0.717, 1.165) is 0 Å². The van der Waals surface area contributed by atoms with E-state index in [9.17, 15) is 13.2 Å². The van der Waals surface area contributed by atoms with Gasteiger partial charge in [-0.05, 0) is 6.92 Å². The van der Waals surface area contributed by atoms with Crippen LogP contribution in [0.1, 0.15) is 17.4 Å². The van der Waals surface area contributed by atoms with E-state index in [-0.39, 0.29) is 5.69 Å². The molecule has 0 spiro atoms. The lowest BCUT2D eigenvalue weighted by molar-refractivity contribution is -0.150. The number of aromatic amines is 1. The average molecular weight is 179 g/mol. The molecule has 1 atom stereocenters. The van der Waals surface area contributed by atoms with Crippen LogP contribution in [0.25, 0.3) is 0 Å². The van der Waals surface area contributed by atoms with Crippen molar-refractivity contribution in [3.63, 3.8) is 0 Å². The van der Waals surface area contributed by atoms with E-state index in [0.29, 0.717) is 5.69 Å². The summed E-state index contributed by atoms with van der Waals surface area (Å²) in [6, 6.07) is -2.00. The van der Waals surface area contributed by atoms with Crippen LogP contribution >= 0.6 is 0 Å². The highest BCUT2D eigenvalue weighted by Crippen LogP contribution is 2.30. The van der Waals surface area contributed by atoms with Gasteiger partial charge >= 0.3 is 6.18 Å². The molecule has 1 aromatic rings. The number of nitrogens with two attached hydrogens (primary N) is 1. The summed E-state index contributed by atoms with van der Waals surface area (Å²) in [7, 11) is 0. The maximum atomic E-state index is 12.0. The number of alkyl halides is 3. The zero-order chi connectivity index (χ0) is 9.35. The number of aromatic nitrogens is 2. The van der Waals surface area contributed by atoms with Gasteiger partial charge in [0, 0.05) is 5.69 Å². The lowest BCUT2D eigenvalue weighted by Crippen LogP contribution is -2.29. The fourth-order valence-corrected chi connectivity index (χ4v) is 0.838. The van der Waals surface area contributed by atoms with E-state index >= 15 is 0 Å². The van der Waals surface area contributed by atoms with E-state index in [4.69, 9.17) is 5.73 Å². The van der Waals surface area contributed by atoms with Crippen LogP contribution in [0.3, 0.4) is 0 Å². The van der Waals surface area contributed by atoms with Gasteiger partial charge in [-0.25, -0.2) is 4.98 Å². The molecular formula is C6H8F3N3. The molecule has 1 rings (SSSR count). The molecule has 0 aliphatic carbocycles. The van der Waals surface area contributed by atoms with Gasteiger partial charge in [0.05, 0.1) is 12.0 Å². The molecule has 12 heavy (non-hydrogen) atoms. The second-order valence-electron chi connectivity index (χ2n) is 2.43. The summed E-state index contributed by atoms with van der Waals surface area (Å²) in [5, 5.41) is 0. The van der Waals surface area contributed by atoms with Crippen LogP contribution in [0.4, 0.5) is 13.2 Å².